The molecular weight excluding hydrogens is 216 g/mol. The van der Waals surface area contributed by atoms with Crippen molar-refractivity contribution in [1.82, 2.24) is 10.2 Å². The van der Waals surface area contributed by atoms with E-state index >= 15 is 0 Å². The Morgan fingerprint density at radius 3 is 2.88 bits per heavy atom. The number of likely N-dealkylation sites (tertiary alicyclic amines) is 1. The molecule has 0 spiro atoms. The normalized spacial score (nSPS) is 30.3. The monoisotopic (exact) mass is 240 g/mol. The first-order chi connectivity index (χ1) is 8.33. The topological polar surface area (TPSA) is 52.6 Å². The molecule has 2 unspecified atom stereocenters. The highest BCUT2D eigenvalue weighted by Gasteiger charge is 2.31. The number of amides is 1. The molecule has 0 bridgehead atoms. The quantitative estimate of drug-likeness (QED) is 0.765. The van der Waals surface area contributed by atoms with Crippen LogP contribution in [0.2, 0.25) is 0 Å². The maximum absolute atomic E-state index is 12.4. The Balaban J connectivity index is 1.94. The van der Waals surface area contributed by atoms with Gasteiger partial charge in [-0.1, -0.05) is 0 Å². The average Bonchev–Trinajstić information content (AvgIpc) is 2.40. The van der Waals surface area contributed by atoms with Gasteiger partial charge in [-0.05, 0) is 45.1 Å². The zero-order valence-corrected chi connectivity index (χ0v) is 10.5. The van der Waals surface area contributed by atoms with E-state index in [1.54, 1.807) is 0 Å². The summed E-state index contributed by atoms with van der Waals surface area (Å²) in [5, 5.41) is 12.4. The fraction of sp³-hybridized carbons (Fsp3) is 0.923. The highest BCUT2D eigenvalue weighted by atomic mass is 16.3. The summed E-state index contributed by atoms with van der Waals surface area (Å²) in [6.45, 7) is 2.96. The maximum Gasteiger partial charge on any atom is 0.227 e. The van der Waals surface area contributed by atoms with Crippen molar-refractivity contribution in [3.05, 3.63) is 0 Å². The molecule has 2 fully saturated rings. The molecule has 4 heteroatoms. The third-order valence-electron chi connectivity index (χ3n) is 4.02. The van der Waals surface area contributed by atoms with E-state index < -0.39 is 0 Å². The number of hydrogen-bond donors (Lipinski definition) is 2. The third-order valence-corrected chi connectivity index (χ3v) is 4.02. The first-order valence-electron chi connectivity index (χ1n) is 6.95. The van der Waals surface area contributed by atoms with Gasteiger partial charge in [0.25, 0.3) is 0 Å². The van der Waals surface area contributed by atoms with Gasteiger partial charge in [-0.25, -0.2) is 0 Å². The van der Waals surface area contributed by atoms with Crippen LogP contribution < -0.4 is 5.32 Å². The van der Waals surface area contributed by atoms with E-state index in [4.69, 9.17) is 5.11 Å². The molecule has 98 valence electrons. The van der Waals surface area contributed by atoms with Gasteiger partial charge in [-0.3, -0.25) is 4.79 Å². The van der Waals surface area contributed by atoms with Crippen LogP contribution in [0.3, 0.4) is 0 Å². The molecule has 2 aliphatic heterocycles. The van der Waals surface area contributed by atoms with Gasteiger partial charge in [-0.2, -0.15) is 0 Å². The van der Waals surface area contributed by atoms with Gasteiger partial charge in [0.2, 0.25) is 5.91 Å². The van der Waals surface area contributed by atoms with E-state index in [2.05, 4.69) is 5.32 Å². The summed E-state index contributed by atoms with van der Waals surface area (Å²) in [5.74, 6) is 0.485. The molecule has 2 aliphatic rings. The SMILES string of the molecule is O=C(C1CCCNC1)N1CCCCC1CCO. The summed E-state index contributed by atoms with van der Waals surface area (Å²) in [6.07, 6.45) is 6.24. The van der Waals surface area contributed by atoms with E-state index in [0.29, 0.717) is 5.91 Å². The van der Waals surface area contributed by atoms with Crippen LogP contribution in [0, 0.1) is 5.92 Å². The Morgan fingerprint density at radius 1 is 1.29 bits per heavy atom. The molecule has 0 radical (unpaired) electrons. The number of aliphatic hydroxyl groups is 1. The number of carbonyl (C=O) groups excluding carboxylic acids is 1. The van der Waals surface area contributed by atoms with Crippen LogP contribution in [0.15, 0.2) is 0 Å². The van der Waals surface area contributed by atoms with Crippen molar-refractivity contribution in [2.24, 2.45) is 5.92 Å². The van der Waals surface area contributed by atoms with Gasteiger partial charge in [0.05, 0.1) is 5.92 Å². The number of piperidine rings is 2. The minimum atomic E-state index is 0.169. The summed E-state index contributed by atoms with van der Waals surface area (Å²) in [5.41, 5.74) is 0. The molecule has 0 aromatic rings. The number of carbonyl (C=O) groups is 1. The van der Waals surface area contributed by atoms with E-state index in [-0.39, 0.29) is 18.6 Å². The lowest BCUT2D eigenvalue weighted by Gasteiger charge is -2.38. The van der Waals surface area contributed by atoms with Gasteiger partial charge < -0.3 is 15.3 Å². The Kier molecular flexibility index (Phi) is 4.80. The lowest BCUT2D eigenvalue weighted by Crippen LogP contribution is -2.49. The predicted octanol–water partition coefficient (Wildman–Crippen LogP) is 0.749. The van der Waals surface area contributed by atoms with E-state index in [1.165, 1.54) is 6.42 Å². The van der Waals surface area contributed by atoms with Crippen molar-refractivity contribution < 1.29 is 9.90 Å². The van der Waals surface area contributed by atoms with Crippen molar-refractivity contribution in [1.29, 1.82) is 0 Å². The molecule has 1 amide bonds. The van der Waals surface area contributed by atoms with E-state index in [1.807, 2.05) is 4.90 Å². The zero-order valence-electron chi connectivity index (χ0n) is 10.5. The standard InChI is InChI=1S/C13H24N2O2/c16-9-6-12-5-1-2-8-15(12)13(17)11-4-3-7-14-10-11/h11-12,14,16H,1-10H2. The highest BCUT2D eigenvalue weighted by Crippen LogP contribution is 2.23. The van der Waals surface area contributed by atoms with Crippen LogP contribution in [0.25, 0.3) is 0 Å². The molecule has 0 saturated carbocycles. The van der Waals surface area contributed by atoms with Gasteiger partial charge in [0.1, 0.15) is 0 Å². The Hall–Kier alpha value is -0.610. The largest absolute Gasteiger partial charge is 0.396 e. The molecule has 2 N–H and O–H groups in total. The second-order valence-electron chi connectivity index (χ2n) is 5.24. The van der Waals surface area contributed by atoms with Crippen LogP contribution in [0.4, 0.5) is 0 Å². The summed E-state index contributed by atoms with van der Waals surface area (Å²) < 4.78 is 0. The van der Waals surface area contributed by atoms with Crippen molar-refractivity contribution in [3.8, 4) is 0 Å². The molecule has 0 aliphatic carbocycles. The summed E-state index contributed by atoms with van der Waals surface area (Å²) in [4.78, 5) is 14.5. The van der Waals surface area contributed by atoms with Gasteiger partial charge in [0.15, 0.2) is 0 Å². The number of rotatable bonds is 3. The van der Waals surface area contributed by atoms with Crippen molar-refractivity contribution in [3.63, 3.8) is 0 Å². The number of hydrogen-bond acceptors (Lipinski definition) is 3. The third kappa shape index (κ3) is 3.19. The van der Waals surface area contributed by atoms with Gasteiger partial charge >= 0.3 is 0 Å². The molecule has 0 aromatic carbocycles. The Labute approximate surface area is 103 Å². The van der Waals surface area contributed by atoms with Crippen LogP contribution >= 0.6 is 0 Å². The predicted molar refractivity (Wildman–Crippen MR) is 66.6 cm³/mol. The fourth-order valence-corrected chi connectivity index (χ4v) is 3.04. The van der Waals surface area contributed by atoms with E-state index in [0.717, 1.165) is 51.7 Å². The molecular formula is C13H24N2O2. The first kappa shape index (κ1) is 12.8. The summed E-state index contributed by atoms with van der Waals surface area (Å²) in [6, 6.07) is 0.281. The lowest BCUT2D eigenvalue weighted by molar-refractivity contribution is -0.140. The van der Waals surface area contributed by atoms with Crippen molar-refractivity contribution >= 4 is 5.91 Å². The molecule has 2 rings (SSSR count). The second kappa shape index (κ2) is 6.36. The Bertz CT molecular complexity index is 250. The minimum Gasteiger partial charge on any atom is -0.396 e. The van der Waals surface area contributed by atoms with Crippen LogP contribution in [-0.4, -0.2) is 48.2 Å². The molecule has 2 saturated heterocycles. The van der Waals surface area contributed by atoms with Crippen LogP contribution in [0.1, 0.15) is 38.5 Å². The molecule has 2 heterocycles. The average molecular weight is 240 g/mol. The van der Waals surface area contributed by atoms with Crippen molar-refractivity contribution in [2.45, 2.75) is 44.6 Å². The van der Waals surface area contributed by atoms with Gasteiger partial charge in [0, 0.05) is 25.7 Å². The van der Waals surface area contributed by atoms with Gasteiger partial charge in [-0.15, -0.1) is 0 Å². The minimum absolute atomic E-state index is 0.169. The van der Waals surface area contributed by atoms with E-state index in [9.17, 15) is 4.79 Å². The van der Waals surface area contributed by atoms with Crippen molar-refractivity contribution in [2.75, 3.05) is 26.2 Å². The molecule has 2 atom stereocenters. The number of aliphatic hydroxyl groups excluding tert-OH is 1. The van der Waals surface area contributed by atoms with Crippen LogP contribution in [-0.2, 0) is 4.79 Å². The smallest absolute Gasteiger partial charge is 0.227 e. The number of nitrogens with zero attached hydrogens (tertiary/aromatic N) is 1. The zero-order chi connectivity index (χ0) is 12.1. The number of nitrogens with one attached hydrogen (secondary N) is 1. The molecule has 17 heavy (non-hydrogen) atoms. The summed E-state index contributed by atoms with van der Waals surface area (Å²) >= 11 is 0. The summed E-state index contributed by atoms with van der Waals surface area (Å²) in [7, 11) is 0. The molecule has 4 nitrogen and oxygen atoms in total. The fourth-order valence-electron chi connectivity index (χ4n) is 3.04. The Morgan fingerprint density at radius 2 is 2.18 bits per heavy atom. The highest BCUT2D eigenvalue weighted by molar-refractivity contribution is 5.79. The first-order valence-corrected chi connectivity index (χ1v) is 6.95. The van der Waals surface area contributed by atoms with Crippen LogP contribution in [0.5, 0.6) is 0 Å². The maximum atomic E-state index is 12.4. The second-order valence-corrected chi connectivity index (χ2v) is 5.24. The lowest BCUT2D eigenvalue weighted by atomic mass is 9.93. The molecule has 0 aromatic heterocycles.